The smallest absolute Gasteiger partial charge is 0.133 e. The molecule has 100 valence electrons. The van der Waals surface area contributed by atoms with Gasteiger partial charge in [0, 0.05) is 12.1 Å². The monoisotopic (exact) mass is 259 g/mol. The van der Waals surface area contributed by atoms with Crippen LogP contribution in [0.5, 0.6) is 11.5 Å². The number of benzene rings is 2. The maximum absolute atomic E-state index is 13.2. The fourth-order valence-electron chi connectivity index (χ4n) is 1.83. The lowest BCUT2D eigenvalue weighted by Crippen LogP contribution is -2.08. The van der Waals surface area contributed by atoms with Crippen LogP contribution in [-0.2, 0) is 0 Å². The van der Waals surface area contributed by atoms with Crippen molar-refractivity contribution >= 4 is 0 Å². The molecule has 0 amide bonds. The number of aryl methyl sites for hydroxylation is 1. The Morgan fingerprint density at radius 3 is 2.47 bits per heavy atom. The van der Waals surface area contributed by atoms with Gasteiger partial charge in [-0.05, 0) is 42.7 Å². The summed E-state index contributed by atoms with van der Waals surface area (Å²) in [6, 6.07) is 12.2. The Hall–Kier alpha value is -1.87. The highest BCUT2D eigenvalue weighted by atomic mass is 19.1. The van der Waals surface area contributed by atoms with E-state index in [9.17, 15) is 4.39 Å². The van der Waals surface area contributed by atoms with Crippen LogP contribution in [0.3, 0.4) is 0 Å². The highest BCUT2D eigenvalue weighted by molar-refractivity contribution is 5.38. The molecule has 0 aliphatic carbocycles. The van der Waals surface area contributed by atoms with Gasteiger partial charge in [-0.3, -0.25) is 0 Å². The number of rotatable bonds is 4. The van der Waals surface area contributed by atoms with E-state index in [1.807, 2.05) is 38.1 Å². The first-order chi connectivity index (χ1) is 9.10. The molecule has 0 saturated heterocycles. The zero-order valence-corrected chi connectivity index (χ0v) is 11.2. The minimum Gasteiger partial charge on any atom is -0.457 e. The Morgan fingerprint density at radius 2 is 1.84 bits per heavy atom. The van der Waals surface area contributed by atoms with E-state index in [2.05, 4.69) is 0 Å². The van der Waals surface area contributed by atoms with E-state index in [0.29, 0.717) is 11.5 Å². The van der Waals surface area contributed by atoms with Crippen LogP contribution in [0, 0.1) is 12.7 Å². The molecule has 2 aromatic carbocycles. The molecular formula is C16H18FNO. The second-order valence-electron chi connectivity index (χ2n) is 4.60. The summed E-state index contributed by atoms with van der Waals surface area (Å²) in [6.07, 6.45) is 0.892. The van der Waals surface area contributed by atoms with Gasteiger partial charge < -0.3 is 10.5 Å². The van der Waals surface area contributed by atoms with Crippen molar-refractivity contribution in [2.75, 3.05) is 0 Å². The van der Waals surface area contributed by atoms with Crippen molar-refractivity contribution < 1.29 is 9.13 Å². The molecule has 0 saturated carbocycles. The molecule has 0 spiro atoms. The third-order valence-corrected chi connectivity index (χ3v) is 3.13. The Balaban J connectivity index is 2.17. The molecule has 0 aliphatic rings. The number of ether oxygens (including phenoxy) is 1. The normalized spacial score (nSPS) is 12.2. The van der Waals surface area contributed by atoms with E-state index in [-0.39, 0.29) is 11.9 Å². The second kappa shape index (κ2) is 5.85. The lowest BCUT2D eigenvalue weighted by atomic mass is 10.1. The van der Waals surface area contributed by atoms with Crippen molar-refractivity contribution in [3.05, 3.63) is 59.4 Å². The quantitative estimate of drug-likeness (QED) is 0.886. The van der Waals surface area contributed by atoms with E-state index in [0.717, 1.165) is 17.5 Å². The molecule has 0 heterocycles. The second-order valence-corrected chi connectivity index (χ2v) is 4.60. The summed E-state index contributed by atoms with van der Waals surface area (Å²) in [5.74, 6) is 0.915. The molecule has 2 N–H and O–H groups in total. The predicted octanol–water partition coefficient (Wildman–Crippen LogP) is 4.34. The average molecular weight is 259 g/mol. The predicted molar refractivity (Wildman–Crippen MR) is 74.9 cm³/mol. The standard InChI is InChI=1S/C16H18FNO/c1-3-15(18)12-5-8-14(9-6-12)19-16-10-13(17)7-4-11(16)2/h4-10,15H,3,18H2,1-2H3/t15-/m1/s1. The van der Waals surface area contributed by atoms with Crippen molar-refractivity contribution in [3.63, 3.8) is 0 Å². The van der Waals surface area contributed by atoms with Gasteiger partial charge in [0.05, 0.1) is 0 Å². The van der Waals surface area contributed by atoms with Crippen LogP contribution in [0.1, 0.15) is 30.5 Å². The molecule has 1 atom stereocenters. The van der Waals surface area contributed by atoms with Crippen LogP contribution in [0.4, 0.5) is 4.39 Å². The summed E-state index contributed by atoms with van der Waals surface area (Å²) in [5, 5.41) is 0. The Bertz CT molecular complexity index is 551. The van der Waals surface area contributed by atoms with Gasteiger partial charge in [0.1, 0.15) is 17.3 Å². The van der Waals surface area contributed by atoms with E-state index in [1.165, 1.54) is 12.1 Å². The van der Waals surface area contributed by atoms with Gasteiger partial charge in [-0.2, -0.15) is 0 Å². The Labute approximate surface area is 113 Å². The number of halogens is 1. The Morgan fingerprint density at radius 1 is 1.16 bits per heavy atom. The third-order valence-electron chi connectivity index (χ3n) is 3.13. The SMILES string of the molecule is CC[C@@H](N)c1ccc(Oc2cc(F)ccc2C)cc1. The maximum Gasteiger partial charge on any atom is 0.133 e. The van der Waals surface area contributed by atoms with Gasteiger partial charge in [0.25, 0.3) is 0 Å². The van der Waals surface area contributed by atoms with Crippen molar-refractivity contribution in [3.8, 4) is 11.5 Å². The summed E-state index contributed by atoms with van der Waals surface area (Å²) in [5.41, 5.74) is 7.92. The summed E-state index contributed by atoms with van der Waals surface area (Å²) in [6.45, 7) is 3.93. The van der Waals surface area contributed by atoms with E-state index < -0.39 is 0 Å². The molecule has 0 unspecified atom stereocenters. The van der Waals surface area contributed by atoms with Crippen LogP contribution < -0.4 is 10.5 Å². The molecule has 0 aromatic heterocycles. The summed E-state index contributed by atoms with van der Waals surface area (Å²) < 4.78 is 18.8. The van der Waals surface area contributed by atoms with Crippen LogP contribution >= 0.6 is 0 Å². The summed E-state index contributed by atoms with van der Waals surface area (Å²) in [4.78, 5) is 0. The zero-order valence-electron chi connectivity index (χ0n) is 11.2. The first-order valence-corrected chi connectivity index (χ1v) is 6.39. The third kappa shape index (κ3) is 3.32. The molecule has 2 rings (SSSR count). The van der Waals surface area contributed by atoms with Gasteiger partial charge in [-0.25, -0.2) is 4.39 Å². The van der Waals surface area contributed by atoms with E-state index in [4.69, 9.17) is 10.5 Å². The highest BCUT2D eigenvalue weighted by Gasteiger charge is 2.05. The minimum absolute atomic E-state index is 0.0463. The van der Waals surface area contributed by atoms with Crippen LogP contribution in [-0.4, -0.2) is 0 Å². The molecule has 3 heteroatoms. The first kappa shape index (κ1) is 13.6. The Kier molecular flexibility index (Phi) is 4.17. The largest absolute Gasteiger partial charge is 0.457 e. The van der Waals surface area contributed by atoms with Crippen LogP contribution in [0.25, 0.3) is 0 Å². The molecule has 0 aliphatic heterocycles. The van der Waals surface area contributed by atoms with Gasteiger partial charge in [0.2, 0.25) is 0 Å². The lowest BCUT2D eigenvalue weighted by molar-refractivity contribution is 0.472. The molecule has 0 bridgehead atoms. The van der Waals surface area contributed by atoms with Gasteiger partial charge >= 0.3 is 0 Å². The molecule has 2 nitrogen and oxygen atoms in total. The first-order valence-electron chi connectivity index (χ1n) is 6.39. The fourth-order valence-corrected chi connectivity index (χ4v) is 1.83. The average Bonchev–Trinajstić information content (AvgIpc) is 2.43. The van der Waals surface area contributed by atoms with E-state index >= 15 is 0 Å². The number of nitrogens with two attached hydrogens (primary N) is 1. The van der Waals surface area contributed by atoms with Gasteiger partial charge in [0.15, 0.2) is 0 Å². The van der Waals surface area contributed by atoms with Crippen molar-refractivity contribution in [1.82, 2.24) is 0 Å². The fraction of sp³-hybridized carbons (Fsp3) is 0.250. The number of hydrogen-bond acceptors (Lipinski definition) is 2. The molecule has 0 radical (unpaired) electrons. The molecular weight excluding hydrogens is 241 g/mol. The van der Waals surface area contributed by atoms with Crippen molar-refractivity contribution in [2.24, 2.45) is 5.73 Å². The van der Waals surface area contributed by atoms with E-state index in [1.54, 1.807) is 6.07 Å². The number of hydrogen-bond donors (Lipinski definition) is 1. The topological polar surface area (TPSA) is 35.2 Å². The van der Waals surface area contributed by atoms with Crippen molar-refractivity contribution in [2.45, 2.75) is 26.3 Å². The summed E-state index contributed by atoms with van der Waals surface area (Å²) >= 11 is 0. The minimum atomic E-state index is -0.301. The van der Waals surface area contributed by atoms with Crippen LogP contribution in [0.2, 0.25) is 0 Å². The molecule has 19 heavy (non-hydrogen) atoms. The molecule has 0 fully saturated rings. The summed E-state index contributed by atoms with van der Waals surface area (Å²) in [7, 11) is 0. The maximum atomic E-state index is 13.2. The highest BCUT2D eigenvalue weighted by Crippen LogP contribution is 2.27. The van der Waals surface area contributed by atoms with Gasteiger partial charge in [-0.1, -0.05) is 25.1 Å². The van der Waals surface area contributed by atoms with Crippen LogP contribution in [0.15, 0.2) is 42.5 Å². The van der Waals surface area contributed by atoms with Gasteiger partial charge in [-0.15, -0.1) is 0 Å². The molecule has 2 aromatic rings. The zero-order chi connectivity index (χ0) is 13.8. The van der Waals surface area contributed by atoms with Crippen molar-refractivity contribution in [1.29, 1.82) is 0 Å². The lowest BCUT2D eigenvalue weighted by Gasteiger charge is -2.12.